The summed E-state index contributed by atoms with van der Waals surface area (Å²) in [5, 5.41) is 3.59. The molecule has 0 saturated carbocycles. The Morgan fingerprint density at radius 2 is 2.06 bits per heavy atom. The number of hydrogen-bond acceptors (Lipinski definition) is 2. The van der Waals surface area contributed by atoms with Gasteiger partial charge >= 0.3 is 0 Å². The lowest BCUT2D eigenvalue weighted by Gasteiger charge is -2.38. The van der Waals surface area contributed by atoms with Crippen molar-refractivity contribution >= 4 is 0 Å². The molecule has 1 aliphatic rings. The van der Waals surface area contributed by atoms with E-state index in [0.717, 1.165) is 13.1 Å². The van der Waals surface area contributed by atoms with Crippen LogP contribution in [0.3, 0.4) is 0 Å². The monoisotopic (exact) mass is 218 g/mol. The van der Waals surface area contributed by atoms with Gasteiger partial charge in [-0.3, -0.25) is 4.90 Å². The molecule has 1 N–H and O–H groups in total. The van der Waals surface area contributed by atoms with E-state index in [2.05, 4.69) is 54.4 Å². The minimum absolute atomic E-state index is 0.642. The first-order valence-electron chi connectivity index (χ1n) is 6.31. The molecule has 1 aromatic carbocycles. The molecule has 1 aromatic rings. The summed E-state index contributed by atoms with van der Waals surface area (Å²) in [7, 11) is 0. The van der Waals surface area contributed by atoms with Crippen molar-refractivity contribution in [3.63, 3.8) is 0 Å². The van der Waals surface area contributed by atoms with Crippen molar-refractivity contribution in [2.45, 2.75) is 38.9 Å². The first-order valence-corrected chi connectivity index (χ1v) is 6.31. The van der Waals surface area contributed by atoms with Gasteiger partial charge < -0.3 is 5.32 Å². The number of hydrogen-bond donors (Lipinski definition) is 1. The number of nitrogens with zero attached hydrogens (tertiary/aromatic N) is 1. The number of piperazine rings is 1. The molecule has 2 atom stereocenters. The topological polar surface area (TPSA) is 15.3 Å². The predicted molar refractivity (Wildman–Crippen MR) is 68.4 cm³/mol. The molecule has 0 aliphatic carbocycles. The zero-order valence-corrected chi connectivity index (χ0v) is 10.3. The molecule has 0 aromatic heterocycles. The lowest BCUT2D eigenvalue weighted by atomic mass is 10.1. The quantitative estimate of drug-likeness (QED) is 0.837. The molecule has 2 heteroatoms. The summed E-state index contributed by atoms with van der Waals surface area (Å²) < 4.78 is 0. The van der Waals surface area contributed by atoms with Gasteiger partial charge in [-0.05, 0) is 18.9 Å². The van der Waals surface area contributed by atoms with Gasteiger partial charge in [-0.1, -0.05) is 37.3 Å². The van der Waals surface area contributed by atoms with E-state index in [1.807, 2.05) is 0 Å². The summed E-state index contributed by atoms with van der Waals surface area (Å²) >= 11 is 0. The van der Waals surface area contributed by atoms with Gasteiger partial charge in [0.1, 0.15) is 0 Å². The standard InChI is InChI=1S/C14H22N2/c1-3-14-11-16(12(2)9-15-14)10-13-7-5-4-6-8-13/h4-8,12,14-15H,3,9-11H2,1-2H3/t12-,14-/m0/s1. The van der Waals surface area contributed by atoms with Crippen LogP contribution in [-0.2, 0) is 6.54 Å². The molecule has 1 heterocycles. The molecule has 1 aliphatic heterocycles. The van der Waals surface area contributed by atoms with Crippen molar-refractivity contribution in [2.24, 2.45) is 0 Å². The van der Waals surface area contributed by atoms with Gasteiger partial charge in [0.15, 0.2) is 0 Å². The summed E-state index contributed by atoms with van der Waals surface area (Å²) in [5.41, 5.74) is 1.42. The van der Waals surface area contributed by atoms with Crippen LogP contribution in [0.1, 0.15) is 25.8 Å². The van der Waals surface area contributed by atoms with Gasteiger partial charge in [-0.2, -0.15) is 0 Å². The molecular formula is C14H22N2. The first kappa shape index (κ1) is 11.6. The molecule has 0 amide bonds. The maximum absolute atomic E-state index is 3.59. The van der Waals surface area contributed by atoms with E-state index in [1.165, 1.54) is 18.5 Å². The third kappa shape index (κ3) is 2.83. The fourth-order valence-corrected chi connectivity index (χ4v) is 2.31. The van der Waals surface area contributed by atoms with E-state index in [4.69, 9.17) is 0 Å². The van der Waals surface area contributed by atoms with Gasteiger partial charge in [0.2, 0.25) is 0 Å². The largest absolute Gasteiger partial charge is 0.311 e. The number of nitrogens with one attached hydrogen (secondary N) is 1. The Hall–Kier alpha value is -0.860. The van der Waals surface area contributed by atoms with Crippen LogP contribution in [-0.4, -0.2) is 30.1 Å². The fourth-order valence-electron chi connectivity index (χ4n) is 2.31. The minimum Gasteiger partial charge on any atom is -0.311 e. The van der Waals surface area contributed by atoms with E-state index in [0.29, 0.717) is 12.1 Å². The molecule has 88 valence electrons. The molecule has 0 unspecified atom stereocenters. The lowest BCUT2D eigenvalue weighted by Crippen LogP contribution is -2.54. The smallest absolute Gasteiger partial charge is 0.0237 e. The van der Waals surface area contributed by atoms with Crippen molar-refractivity contribution < 1.29 is 0 Å². The summed E-state index contributed by atoms with van der Waals surface area (Å²) in [6.45, 7) is 7.94. The number of benzene rings is 1. The molecule has 2 rings (SSSR count). The van der Waals surface area contributed by atoms with Crippen molar-refractivity contribution in [2.75, 3.05) is 13.1 Å². The molecule has 1 saturated heterocycles. The van der Waals surface area contributed by atoms with Crippen molar-refractivity contribution in [1.29, 1.82) is 0 Å². The lowest BCUT2D eigenvalue weighted by molar-refractivity contribution is 0.131. The van der Waals surface area contributed by atoms with E-state index < -0.39 is 0 Å². The van der Waals surface area contributed by atoms with Crippen molar-refractivity contribution in [1.82, 2.24) is 10.2 Å². The highest BCUT2D eigenvalue weighted by Gasteiger charge is 2.23. The van der Waals surface area contributed by atoms with Crippen LogP contribution in [0, 0.1) is 0 Å². The predicted octanol–water partition coefficient (Wildman–Crippen LogP) is 2.26. The number of rotatable bonds is 3. The Labute approximate surface area is 98.7 Å². The summed E-state index contributed by atoms with van der Waals surface area (Å²) in [6, 6.07) is 12.1. The van der Waals surface area contributed by atoms with Crippen molar-refractivity contribution in [3.05, 3.63) is 35.9 Å². The van der Waals surface area contributed by atoms with Crippen LogP contribution in [0.25, 0.3) is 0 Å². The van der Waals surface area contributed by atoms with Gasteiger partial charge in [-0.15, -0.1) is 0 Å². The Kier molecular flexibility index (Phi) is 3.97. The third-order valence-electron chi connectivity index (χ3n) is 3.50. The normalized spacial score (nSPS) is 26.9. The molecule has 0 bridgehead atoms. The molecule has 16 heavy (non-hydrogen) atoms. The zero-order chi connectivity index (χ0) is 11.4. The van der Waals surface area contributed by atoms with E-state index >= 15 is 0 Å². The van der Waals surface area contributed by atoms with Crippen LogP contribution < -0.4 is 5.32 Å². The van der Waals surface area contributed by atoms with Crippen molar-refractivity contribution in [3.8, 4) is 0 Å². The summed E-state index contributed by atoms with van der Waals surface area (Å²) in [4.78, 5) is 2.58. The highest BCUT2D eigenvalue weighted by molar-refractivity contribution is 5.14. The summed E-state index contributed by atoms with van der Waals surface area (Å²) in [6.07, 6.45) is 1.22. The zero-order valence-electron chi connectivity index (χ0n) is 10.3. The highest BCUT2D eigenvalue weighted by atomic mass is 15.2. The maximum Gasteiger partial charge on any atom is 0.0237 e. The average Bonchev–Trinajstić information content (AvgIpc) is 2.33. The second kappa shape index (κ2) is 5.46. The van der Waals surface area contributed by atoms with Crippen LogP contribution >= 0.6 is 0 Å². The van der Waals surface area contributed by atoms with Crippen LogP contribution in [0.2, 0.25) is 0 Å². The van der Waals surface area contributed by atoms with Gasteiger partial charge in [0.05, 0.1) is 0 Å². The second-order valence-electron chi connectivity index (χ2n) is 4.78. The fraction of sp³-hybridized carbons (Fsp3) is 0.571. The van der Waals surface area contributed by atoms with Gasteiger partial charge in [0.25, 0.3) is 0 Å². The van der Waals surface area contributed by atoms with Crippen LogP contribution in [0.4, 0.5) is 0 Å². The van der Waals surface area contributed by atoms with Crippen LogP contribution in [0.5, 0.6) is 0 Å². The summed E-state index contributed by atoms with van der Waals surface area (Å²) in [5.74, 6) is 0. The molecule has 1 fully saturated rings. The molecule has 0 radical (unpaired) electrons. The maximum atomic E-state index is 3.59. The Balaban J connectivity index is 1.97. The third-order valence-corrected chi connectivity index (χ3v) is 3.50. The Bertz CT molecular complexity index is 310. The second-order valence-corrected chi connectivity index (χ2v) is 4.78. The molecule has 0 spiro atoms. The van der Waals surface area contributed by atoms with Crippen LogP contribution in [0.15, 0.2) is 30.3 Å². The Morgan fingerprint density at radius 1 is 1.31 bits per heavy atom. The molecular weight excluding hydrogens is 196 g/mol. The van der Waals surface area contributed by atoms with E-state index in [1.54, 1.807) is 0 Å². The molecule has 2 nitrogen and oxygen atoms in total. The SMILES string of the molecule is CC[C@H]1CN(Cc2ccccc2)[C@@H](C)CN1. The highest BCUT2D eigenvalue weighted by Crippen LogP contribution is 2.13. The first-order chi connectivity index (χ1) is 7.79. The average molecular weight is 218 g/mol. The van der Waals surface area contributed by atoms with Gasteiger partial charge in [-0.25, -0.2) is 0 Å². The van der Waals surface area contributed by atoms with Gasteiger partial charge in [0, 0.05) is 31.7 Å². The Morgan fingerprint density at radius 3 is 2.75 bits per heavy atom. The van der Waals surface area contributed by atoms with E-state index in [9.17, 15) is 0 Å². The van der Waals surface area contributed by atoms with E-state index in [-0.39, 0.29) is 0 Å². The minimum atomic E-state index is 0.642.